The van der Waals surface area contributed by atoms with Gasteiger partial charge in [0.05, 0.1) is 19.3 Å². The largest absolute Gasteiger partial charge is 0.496 e. The molecule has 0 aliphatic carbocycles. The number of carbonyl (C=O) groups is 1. The summed E-state index contributed by atoms with van der Waals surface area (Å²) in [5.41, 5.74) is 3.07. The minimum absolute atomic E-state index is 0.226. The molecule has 1 aromatic heterocycles. The van der Waals surface area contributed by atoms with Crippen LogP contribution in [-0.2, 0) is 17.9 Å². The number of rotatable bonds is 8. The van der Waals surface area contributed by atoms with Crippen molar-refractivity contribution in [1.82, 2.24) is 10.5 Å². The molecule has 1 N–H and O–H groups in total. The molecule has 0 aliphatic rings. The molecule has 0 saturated heterocycles. The summed E-state index contributed by atoms with van der Waals surface area (Å²) in [6.45, 7) is 3.65. The van der Waals surface area contributed by atoms with Gasteiger partial charge in [0.15, 0.2) is 11.5 Å². The second kappa shape index (κ2) is 9.00. The van der Waals surface area contributed by atoms with E-state index in [1.165, 1.54) is 0 Å². The highest BCUT2D eigenvalue weighted by molar-refractivity contribution is 5.93. The van der Waals surface area contributed by atoms with Crippen LogP contribution in [0.1, 0.15) is 28.5 Å². The van der Waals surface area contributed by atoms with Crippen LogP contribution in [0.5, 0.6) is 5.75 Å². The van der Waals surface area contributed by atoms with Crippen molar-refractivity contribution in [3.05, 3.63) is 71.4 Å². The van der Waals surface area contributed by atoms with Crippen molar-refractivity contribution >= 4 is 5.91 Å². The minimum atomic E-state index is -0.293. The lowest BCUT2D eigenvalue weighted by Crippen LogP contribution is -2.23. The van der Waals surface area contributed by atoms with Crippen molar-refractivity contribution in [2.45, 2.75) is 20.1 Å². The molecule has 0 radical (unpaired) electrons. The van der Waals surface area contributed by atoms with Gasteiger partial charge in [-0.25, -0.2) is 0 Å². The molecule has 27 heavy (non-hydrogen) atoms. The molecular formula is C21H22N2O4. The Morgan fingerprint density at radius 1 is 1.11 bits per heavy atom. The molecule has 0 bridgehead atoms. The van der Waals surface area contributed by atoms with E-state index in [0.717, 1.165) is 16.7 Å². The summed E-state index contributed by atoms with van der Waals surface area (Å²) in [5.74, 6) is 0.851. The summed E-state index contributed by atoms with van der Waals surface area (Å²) < 4.78 is 16.0. The van der Waals surface area contributed by atoms with E-state index < -0.39 is 0 Å². The fourth-order valence-electron chi connectivity index (χ4n) is 2.60. The summed E-state index contributed by atoms with van der Waals surface area (Å²) in [5, 5.41) is 6.72. The first-order valence-corrected chi connectivity index (χ1v) is 8.75. The first kappa shape index (κ1) is 18.7. The zero-order chi connectivity index (χ0) is 19.1. The third kappa shape index (κ3) is 4.74. The van der Waals surface area contributed by atoms with Crippen molar-refractivity contribution in [2.75, 3.05) is 13.7 Å². The lowest BCUT2D eigenvalue weighted by Gasteiger charge is -2.05. The van der Waals surface area contributed by atoms with E-state index in [4.69, 9.17) is 14.0 Å². The van der Waals surface area contributed by atoms with Crippen LogP contribution in [0, 0.1) is 0 Å². The maximum atomic E-state index is 12.3. The maximum Gasteiger partial charge on any atom is 0.273 e. The van der Waals surface area contributed by atoms with E-state index in [9.17, 15) is 4.79 Å². The molecule has 140 valence electrons. The van der Waals surface area contributed by atoms with Crippen molar-refractivity contribution in [3.63, 3.8) is 0 Å². The number of methoxy groups -OCH3 is 1. The summed E-state index contributed by atoms with van der Waals surface area (Å²) in [6, 6.07) is 17.0. The van der Waals surface area contributed by atoms with Crippen molar-refractivity contribution in [3.8, 4) is 17.1 Å². The number of carbonyl (C=O) groups excluding carboxylic acids is 1. The van der Waals surface area contributed by atoms with E-state index >= 15 is 0 Å². The van der Waals surface area contributed by atoms with E-state index in [1.807, 2.05) is 55.5 Å². The minimum Gasteiger partial charge on any atom is -0.496 e. The van der Waals surface area contributed by atoms with Crippen molar-refractivity contribution < 1.29 is 18.8 Å². The zero-order valence-electron chi connectivity index (χ0n) is 15.4. The van der Waals surface area contributed by atoms with Gasteiger partial charge < -0.3 is 19.3 Å². The molecule has 0 spiro atoms. The second-order valence-corrected chi connectivity index (χ2v) is 5.91. The molecule has 0 fully saturated rings. The Bertz CT molecular complexity index is 887. The monoisotopic (exact) mass is 366 g/mol. The Hall–Kier alpha value is -3.12. The quantitative estimate of drug-likeness (QED) is 0.656. The number of ether oxygens (including phenoxy) is 2. The van der Waals surface area contributed by atoms with Gasteiger partial charge in [0.25, 0.3) is 5.91 Å². The smallest absolute Gasteiger partial charge is 0.273 e. The average Bonchev–Trinajstić information content (AvgIpc) is 3.21. The van der Waals surface area contributed by atoms with E-state index in [-0.39, 0.29) is 11.6 Å². The molecular weight excluding hydrogens is 344 g/mol. The molecule has 1 amide bonds. The first-order valence-electron chi connectivity index (χ1n) is 8.75. The Labute approximate surface area is 158 Å². The molecule has 6 heteroatoms. The number of para-hydroxylation sites is 1. The predicted molar refractivity (Wildman–Crippen MR) is 101 cm³/mol. The van der Waals surface area contributed by atoms with Crippen LogP contribution in [0.2, 0.25) is 0 Å². The number of aromatic nitrogens is 1. The lowest BCUT2D eigenvalue weighted by atomic mass is 10.1. The normalized spacial score (nSPS) is 10.6. The van der Waals surface area contributed by atoms with Gasteiger partial charge in [0.2, 0.25) is 0 Å². The molecule has 0 saturated carbocycles. The Morgan fingerprint density at radius 2 is 1.85 bits per heavy atom. The Morgan fingerprint density at radius 3 is 2.59 bits per heavy atom. The zero-order valence-corrected chi connectivity index (χ0v) is 15.4. The van der Waals surface area contributed by atoms with E-state index in [2.05, 4.69) is 10.5 Å². The van der Waals surface area contributed by atoms with Gasteiger partial charge in [-0.1, -0.05) is 41.6 Å². The molecule has 1 heterocycles. The summed E-state index contributed by atoms with van der Waals surface area (Å²) in [7, 11) is 1.59. The molecule has 0 atom stereocenters. The highest BCUT2D eigenvalue weighted by Crippen LogP contribution is 2.29. The highest BCUT2D eigenvalue weighted by atomic mass is 16.5. The number of hydrogen-bond acceptors (Lipinski definition) is 5. The van der Waals surface area contributed by atoms with Gasteiger partial charge in [0.1, 0.15) is 5.75 Å². The van der Waals surface area contributed by atoms with Crippen LogP contribution < -0.4 is 10.1 Å². The fourth-order valence-corrected chi connectivity index (χ4v) is 2.60. The van der Waals surface area contributed by atoms with Crippen LogP contribution in [-0.4, -0.2) is 24.8 Å². The highest BCUT2D eigenvalue weighted by Gasteiger charge is 2.15. The van der Waals surface area contributed by atoms with Gasteiger partial charge in [-0.15, -0.1) is 0 Å². The van der Waals surface area contributed by atoms with Crippen LogP contribution in [0.4, 0.5) is 0 Å². The van der Waals surface area contributed by atoms with Gasteiger partial charge in [0, 0.05) is 19.2 Å². The summed E-state index contributed by atoms with van der Waals surface area (Å²) >= 11 is 0. The lowest BCUT2D eigenvalue weighted by molar-refractivity contribution is 0.0942. The van der Waals surface area contributed by atoms with E-state index in [0.29, 0.717) is 31.3 Å². The Kier molecular flexibility index (Phi) is 6.22. The number of amides is 1. The predicted octanol–water partition coefficient (Wildman–Crippen LogP) is 3.82. The van der Waals surface area contributed by atoms with E-state index in [1.54, 1.807) is 13.2 Å². The van der Waals surface area contributed by atoms with Crippen molar-refractivity contribution in [2.24, 2.45) is 0 Å². The first-order chi connectivity index (χ1) is 13.2. The number of nitrogens with one attached hydrogen (secondary N) is 1. The summed E-state index contributed by atoms with van der Waals surface area (Å²) in [4.78, 5) is 12.3. The van der Waals surface area contributed by atoms with Crippen LogP contribution in [0.15, 0.2) is 59.1 Å². The molecule has 3 aromatic rings. The fraction of sp³-hybridized carbons (Fsp3) is 0.238. The van der Waals surface area contributed by atoms with Gasteiger partial charge in [-0.05, 0) is 30.2 Å². The molecule has 3 rings (SSSR count). The molecule has 0 unspecified atom stereocenters. The van der Waals surface area contributed by atoms with Crippen LogP contribution in [0.25, 0.3) is 11.3 Å². The summed E-state index contributed by atoms with van der Waals surface area (Å²) in [6.07, 6.45) is 0. The second-order valence-electron chi connectivity index (χ2n) is 5.91. The molecule has 2 aromatic carbocycles. The van der Waals surface area contributed by atoms with Crippen molar-refractivity contribution in [1.29, 1.82) is 0 Å². The number of nitrogens with zero attached hydrogens (tertiary/aromatic N) is 1. The average molecular weight is 366 g/mol. The van der Waals surface area contributed by atoms with Crippen LogP contribution >= 0.6 is 0 Å². The third-order valence-electron chi connectivity index (χ3n) is 4.06. The van der Waals surface area contributed by atoms with Crippen LogP contribution in [0.3, 0.4) is 0 Å². The topological polar surface area (TPSA) is 73.6 Å². The standard InChI is InChI=1S/C21H22N2O4/c1-3-26-14-16-10-8-15(9-11-16)13-22-21(24)18-12-20(27-23-18)17-6-4-5-7-19(17)25-2/h4-12H,3,13-14H2,1-2H3,(H,22,24). The molecule has 6 nitrogen and oxygen atoms in total. The maximum absolute atomic E-state index is 12.3. The number of hydrogen-bond donors (Lipinski definition) is 1. The van der Waals surface area contributed by atoms with Gasteiger partial charge in [-0.3, -0.25) is 4.79 Å². The van der Waals surface area contributed by atoms with Gasteiger partial charge in [-0.2, -0.15) is 0 Å². The SMILES string of the molecule is CCOCc1ccc(CNC(=O)c2cc(-c3ccccc3OC)on2)cc1. The molecule has 0 aliphatic heterocycles. The Balaban J connectivity index is 1.61. The van der Waals surface area contributed by atoms with Gasteiger partial charge >= 0.3 is 0 Å². The number of benzene rings is 2. The third-order valence-corrected chi connectivity index (χ3v) is 4.06.